The van der Waals surface area contributed by atoms with Crippen LogP contribution in [0.25, 0.3) is 0 Å². The van der Waals surface area contributed by atoms with E-state index in [1.165, 1.54) is 12.8 Å². The Balaban J connectivity index is 2.17. The highest BCUT2D eigenvalue weighted by molar-refractivity contribution is 5.85. The van der Waals surface area contributed by atoms with E-state index in [0.29, 0.717) is 6.61 Å². The first-order valence-corrected chi connectivity index (χ1v) is 5.94. The maximum absolute atomic E-state index is 8.64. The molecule has 0 aromatic rings. The summed E-state index contributed by atoms with van der Waals surface area (Å²) < 4.78 is 5.55. The van der Waals surface area contributed by atoms with Crippen LogP contribution in [0, 0.1) is 5.92 Å². The smallest absolute Gasteiger partial charge is 0.156 e. The van der Waals surface area contributed by atoms with Crippen LogP contribution in [-0.4, -0.2) is 48.8 Å². The number of nitrogens with two attached hydrogens (primary N) is 1. The zero-order valence-corrected chi connectivity index (χ0v) is 10.2. The summed E-state index contributed by atoms with van der Waals surface area (Å²) in [4.78, 5) is 2.06. The molecule has 0 bridgehead atoms. The van der Waals surface area contributed by atoms with Crippen molar-refractivity contribution in [3.63, 3.8) is 0 Å². The van der Waals surface area contributed by atoms with Gasteiger partial charge in [0.05, 0.1) is 12.6 Å². The number of oxime groups is 1. The highest BCUT2D eigenvalue weighted by Crippen LogP contribution is 2.28. The third-order valence-corrected chi connectivity index (χ3v) is 3.01. The van der Waals surface area contributed by atoms with Crippen LogP contribution in [-0.2, 0) is 4.74 Å². The van der Waals surface area contributed by atoms with Crippen LogP contribution < -0.4 is 5.73 Å². The molecule has 0 heterocycles. The van der Waals surface area contributed by atoms with E-state index in [9.17, 15) is 0 Å². The van der Waals surface area contributed by atoms with Crippen molar-refractivity contribution in [1.82, 2.24) is 4.90 Å². The second-order valence-corrected chi connectivity index (χ2v) is 4.45. The lowest BCUT2D eigenvalue weighted by molar-refractivity contribution is 0.0979. The maximum Gasteiger partial charge on any atom is 0.156 e. The van der Waals surface area contributed by atoms with Crippen molar-refractivity contribution in [1.29, 1.82) is 0 Å². The van der Waals surface area contributed by atoms with E-state index in [-0.39, 0.29) is 11.9 Å². The molecule has 1 fully saturated rings. The zero-order valence-electron chi connectivity index (χ0n) is 10.2. The SMILES string of the molecule is CCC(C(N)=NO)N(C)CCOCC1CC1. The predicted molar refractivity (Wildman–Crippen MR) is 63.7 cm³/mol. The molecular weight excluding hydrogens is 206 g/mol. The van der Waals surface area contributed by atoms with Gasteiger partial charge in [-0.25, -0.2) is 0 Å². The van der Waals surface area contributed by atoms with Gasteiger partial charge in [0.15, 0.2) is 5.84 Å². The Morgan fingerprint density at radius 2 is 2.31 bits per heavy atom. The molecule has 0 aromatic carbocycles. The van der Waals surface area contributed by atoms with Crippen LogP contribution in [0.5, 0.6) is 0 Å². The molecule has 1 atom stereocenters. The van der Waals surface area contributed by atoms with Crippen molar-refractivity contribution in [3.8, 4) is 0 Å². The lowest BCUT2D eigenvalue weighted by Gasteiger charge is -2.25. The fraction of sp³-hybridized carbons (Fsp3) is 0.909. The van der Waals surface area contributed by atoms with Gasteiger partial charge in [-0.3, -0.25) is 4.90 Å². The molecule has 5 nitrogen and oxygen atoms in total. The molecule has 16 heavy (non-hydrogen) atoms. The minimum absolute atomic E-state index is 0.00507. The number of amidine groups is 1. The molecule has 94 valence electrons. The molecule has 3 N–H and O–H groups in total. The normalized spacial score (nSPS) is 19.1. The van der Waals surface area contributed by atoms with Crippen LogP contribution in [0.4, 0.5) is 0 Å². The molecule has 1 aliphatic rings. The van der Waals surface area contributed by atoms with Gasteiger partial charge in [-0.05, 0) is 32.2 Å². The molecule has 0 amide bonds. The number of rotatable bonds is 8. The predicted octanol–water partition coefficient (Wildman–Crippen LogP) is 0.870. The summed E-state index contributed by atoms with van der Waals surface area (Å²) in [5.41, 5.74) is 5.61. The monoisotopic (exact) mass is 229 g/mol. The first-order chi connectivity index (χ1) is 7.69. The summed E-state index contributed by atoms with van der Waals surface area (Å²) in [7, 11) is 1.96. The topological polar surface area (TPSA) is 71.1 Å². The number of hydrogen-bond acceptors (Lipinski definition) is 4. The van der Waals surface area contributed by atoms with Gasteiger partial charge >= 0.3 is 0 Å². The average molecular weight is 229 g/mol. The molecule has 0 aromatic heterocycles. The fourth-order valence-corrected chi connectivity index (χ4v) is 1.71. The highest BCUT2D eigenvalue weighted by Gasteiger charge is 2.21. The molecule has 1 saturated carbocycles. The molecule has 1 unspecified atom stereocenters. The van der Waals surface area contributed by atoms with E-state index in [1.807, 2.05) is 14.0 Å². The summed E-state index contributed by atoms with van der Waals surface area (Å²) in [5.74, 6) is 1.07. The van der Waals surface area contributed by atoms with Crippen LogP contribution in [0.15, 0.2) is 5.16 Å². The lowest BCUT2D eigenvalue weighted by atomic mass is 10.2. The zero-order chi connectivity index (χ0) is 12.0. The fourth-order valence-electron chi connectivity index (χ4n) is 1.71. The molecular formula is C11H23N3O2. The van der Waals surface area contributed by atoms with Gasteiger partial charge in [0.2, 0.25) is 0 Å². The van der Waals surface area contributed by atoms with Gasteiger partial charge in [0, 0.05) is 13.2 Å². The Morgan fingerprint density at radius 3 is 2.81 bits per heavy atom. The third kappa shape index (κ3) is 4.37. The standard InChI is InChI=1S/C11H23N3O2/c1-3-10(11(12)13-15)14(2)6-7-16-8-9-4-5-9/h9-10,15H,3-8H2,1-2H3,(H2,12,13). The maximum atomic E-state index is 8.64. The largest absolute Gasteiger partial charge is 0.409 e. The third-order valence-electron chi connectivity index (χ3n) is 3.01. The molecule has 0 spiro atoms. The van der Waals surface area contributed by atoms with E-state index in [1.54, 1.807) is 0 Å². The van der Waals surface area contributed by atoms with Crippen LogP contribution in [0.1, 0.15) is 26.2 Å². The highest BCUT2D eigenvalue weighted by atomic mass is 16.5. The van der Waals surface area contributed by atoms with Crippen molar-refractivity contribution < 1.29 is 9.94 Å². The molecule has 1 aliphatic carbocycles. The summed E-state index contributed by atoms with van der Waals surface area (Å²) in [6, 6.07) is -0.00507. The van der Waals surface area contributed by atoms with Crippen molar-refractivity contribution in [3.05, 3.63) is 0 Å². The summed E-state index contributed by atoms with van der Waals surface area (Å²) in [5, 5.41) is 11.7. The van der Waals surface area contributed by atoms with Gasteiger partial charge in [0.1, 0.15) is 0 Å². The van der Waals surface area contributed by atoms with E-state index in [4.69, 9.17) is 15.7 Å². The number of hydrogen-bond donors (Lipinski definition) is 2. The molecule has 5 heteroatoms. The Kier molecular flexibility index (Phi) is 5.55. The van der Waals surface area contributed by atoms with E-state index in [0.717, 1.165) is 25.5 Å². The van der Waals surface area contributed by atoms with E-state index in [2.05, 4.69) is 10.1 Å². The van der Waals surface area contributed by atoms with E-state index < -0.39 is 0 Å². The molecule has 0 saturated heterocycles. The second-order valence-electron chi connectivity index (χ2n) is 4.45. The quantitative estimate of drug-likeness (QED) is 0.213. The van der Waals surface area contributed by atoms with Crippen LogP contribution in [0.3, 0.4) is 0 Å². The lowest BCUT2D eigenvalue weighted by Crippen LogP contribution is -2.43. The molecule has 0 radical (unpaired) electrons. The van der Waals surface area contributed by atoms with Crippen molar-refractivity contribution in [2.45, 2.75) is 32.2 Å². The summed E-state index contributed by atoms with van der Waals surface area (Å²) in [6.07, 6.45) is 3.46. The van der Waals surface area contributed by atoms with Gasteiger partial charge in [0.25, 0.3) is 0 Å². The van der Waals surface area contributed by atoms with Crippen molar-refractivity contribution >= 4 is 5.84 Å². The Morgan fingerprint density at radius 1 is 1.62 bits per heavy atom. The van der Waals surface area contributed by atoms with Gasteiger partial charge in [-0.2, -0.15) is 0 Å². The Bertz CT molecular complexity index is 229. The van der Waals surface area contributed by atoms with Crippen LogP contribution >= 0.6 is 0 Å². The average Bonchev–Trinajstić information content (AvgIpc) is 3.09. The van der Waals surface area contributed by atoms with Gasteiger partial charge in [-0.15, -0.1) is 0 Å². The van der Waals surface area contributed by atoms with Crippen LogP contribution in [0.2, 0.25) is 0 Å². The Hall–Kier alpha value is -0.810. The van der Waals surface area contributed by atoms with Crippen molar-refractivity contribution in [2.24, 2.45) is 16.8 Å². The minimum atomic E-state index is -0.00507. The Labute approximate surface area is 97.2 Å². The minimum Gasteiger partial charge on any atom is -0.409 e. The first-order valence-electron chi connectivity index (χ1n) is 5.94. The first kappa shape index (κ1) is 13.3. The van der Waals surface area contributed by atoms with Gasteiger partial charge < -0.3 is 15.7 Å². The number of nitrogens with zero attached hydrogens (tertiary/aromatic N) is 2. The summed E-state index contributed by atoms with van der Waals surface area (Å²) >= 11 is 0. The van der Waals surface area contributed by atoms with E-state index >= 15 is 0 Å². The number of ether oxygens (including phenoxy) is 1. The second kappa shape index (κ2) is 6.70. The molecule has 1 rings (SSSR count). The van der Waals surface area contributed by atoms with Gasteiger partial charge in [-0.1, -0.05) is 12.1 Å². The number of likely N-dealkylation sites (N-methyl/N-ethyl adjacent to an activating group) is 1. The van der Waals surface area contributed by atoms with Crippen molar-refractivity contribution in [2.75, 3.05) is 26.8 Å². The molecule has 0 aliphatic heterocycles. The summed E-state index contributed by atoms with van der Waals surface area (Å²) in [6.45, 7) is 4.42.